The molecule has 5 nitrogen and oxygen atoms in total. The molecule has 34 heavy (non-hydrogen) atoms. The first kappa shape index (κ1) is 23.2. The Bertz CT molecular complexity index is 1330. The van der Waals surface area contributed by atoms with Crippen molar-refractivity contribution in [3.63, 3.8) is 0 Å². The first-order valence-corrected chi connectivity index (χ1v) is 12.4. The van der Waals surface area contributed by atoms with E-state index in [9.17, 15) is 4.79 Å². The van der Waals surface area contributed by atoms with Crippen molar-refractivity contribution >= 4 is 46.4 Å². The van der Waals surface area contributed by atoms with Gasteiger partial charge in [-0.2, -0.15) is 0 Å². The second kappa shape index (κ2) is 9.96. The van der Waals surface area contributed by atoms with Crippen molar-refractivity contribution in [2.24, 2.45) is 0 Å². The van der Waals surface area contributed by atoms with Crippen LogP contribution in [0.4, 0.5) is 0 Å². The fourth-order valence-corrected chi connectivity index (χ4v) is 4.82. The van der Waals surface area contributed by atoms with Gasteiger partial charge in [-0.3, -0.25) is 14.6 Å². The molecule has 2 aromatic heterocycles. The zero-order valence-corrected chi connectivity index (χ0v) is 20.7. The number of hydrazine groups is 1. The SMILES string of the molecule is O=C(NN1CCCCCC1)c1cc(Cl)cn2c(-c3ccc(Cl)cc3)c(-c3ccc(Cl)cc3)nc12. The van der Waals surface area contributed by atoms with Gasteiger partial charge in [-0.25, -0.2) is 9.99 Å². The predicted octanol–water partition coefficient (Wildman–Crippen LogP) is 7.15. The lowest BCUT2D eigenvalue weighted by Gasteiger charge is -2.21. The number of fused-ring (bicyclic) bond motifs is 1. The van der Waals surface area contributed by atoms with E-state index in [2.05, 4.69) is 5.43 Å². The lowest BCUT2D eigenvalue weighted by molar-refractivity contribution is 0.0795. The molecule has 0 aliphatic carbocycles. The number of nitrogens with zero attached hydrogens (tertiary/aromatic N) is 3. The summed E-state index contributed by atoms with van der Waals surface area (Å²) >= 11 is 18.8. The molecular formula is C26H23Cl3N4O. The van der Waals surface area contributed by atoms with Crippen LogP contribution in [0.5, 0.6) is 0 Å². The van der Waals surface area contributed by atoms with Crippen molar-refractivity contribution in [1.82, 2.24) is 19.8 Å². The van der Waals surface area contributed by atoms with Gasteiger partial charge < -0.3 is 0 Å². The van der Waals surface area contributed by atoms with Crippen LogP contribution in [0.1, 0.15) is 36.0 Å². The lowest BCUT2D eigenvalue weighted by Crippen LogP contribution is -2.42. The Morgan fingerprint density at radius 3 is 2.00 bits per heavy atom. The molecule has 1 N–H and O–H groups in total. The van der Waals surface area contributed by atoms with Crippen LogP contribution in [0.15, 0.2) is 60.8 Å². The molecule has 0 radical (unpaired) electrons. The second-order valence-electron chi connectivity index (χ2n) is 8.43. The number of carbonyl (C=O) groups excluding carboxylic acids is 1. The molecule has 3 heterocycles. The molecule has 1 aliphatic heterocycles. The summed E-state index contributed by atoms with van der Waals surface area (Å²) in [7, 11) is 0. The molecule has 4 aromatic rings. The predicted molar refractivity (Wildman–Crippen MR) is 139 cm³/mol. The Balaban J connectivity index is 1.66. The van der Waals surface area contributed by atoms with Gasteiger partial charge in [-0.1, -0.05) is 71.9 Å². The summed E-state index contributed by atoms with van der Waals surface area (Å²) < 4.78 is 1.88. The van der Waals surface area contributed by atoms with Gasteiger partial charge in [0.15, 0.2) is 5.65 Å². The molecule has 0 spiro atoms. The summed E-state index contributed by atoms with van der Waals surface area (Å²) in [5, 5.41) is 3.72. The largest absolute Gasteiger partial charge is 0.297 e. The molecule has 5 rings (SSSR count). The molecule has 1 saturated heterocycles. The van der Waals surface area contributed by atoms with Gasteiger partial charge >= 0.3 is 0 Å². The van der Waals surface area contributed by atoms with Crippen molar-refractivity contribution in [3.8, 4) is 22.5 Å². The van der Waals surface area contributed by atoms with Crippen LogP contribution < -0.4 is 5.43 Å². The molecular weight excluding hydrogens is 491 g/mol. The monoisotopic (exact) mass is 512 g/mol. The number of benzene rings is 2. The van der Waals surface area contributed by atoms with E-state index in [0.717, 1.165) is 48.4 Å². The smallest absolute Gasteiger partial charge is 0.269 e. The van der Waals surface area contributed by atoms with Gasteiger partial charge in [-0.05, 0) is 43.2 Å². The summed E-state index contributed by atoms with van der Waals surface area (Å²) in [5.74, 6) is -0.218. The van der Waals surface area contributed by atoms with Crippen molar-refractivity contribution < 1.29 is 4.79 Å². The maximum Gasteiger partial charge on any atom is 0.269 e. The minimum atomic E-state index is -0.218. The maximum atomic E-state index is 13.4. The lowest BCUT2D eigenvalue weighted by atomic mass is 10.0. The van der Waals surface area contributed by atoms with Gasteiger partial charge in [0, 0.05) is 40.5 Å². The zero-order valence-electron chi connectivity index (χ0n) is 18.4. The van der Waals surface area contributed by atoms with Gasteiger partial charge in [0.1, 0.15) is 0 Å². The van der Waals surface area contributed by atoms with Crippen LogP contribution >= 0.6 is 34.8 Å². The number of rotatable bonds is 4. The Morgan fingerprint density at radius 1 is 0.794 bits per heavy atom. The van der Waals surface area contributed by atoms with E-state index in [1.165, 1.54) is 12.8 Å². The van der Waals surface area contributed by atoms with E-state index in [1.54, 1.807) is 12.3 Å². The van der Waals surface area contributed by atoms with E-state index >= 15 is 0 Å². The minimum absolute atomic E-state index is 0.218. The highest BCUT2D eigenvalue weighted by atomic mass is 35.5. The van der Waals surface area contributed by atoms with E-state index in [4.69, 9.17) is 39.8 Å². The standard InChI is InChI=1S/C26H23Cl3N4O/c27-19-9-5-17(6-10-19)23-24(18-7-11-20(28)12-8-18)33-16-21(29)15-22(25(33)30-23)26(34)31-32-13-3-1-2-4-14-32/h5-12,15-16H,1-4,13-14H2,(H,31,34). The number of pyridine rings is 1. The van der Waals surface area contributed by atoms with Crippen molar-refractivity contribution in [2.75, 3.05) is 13.1 Å². The third kappa shape index (κ3) is 4.80. The average Bonchev–Trinajstić information content (AvgIpc) is 3.01. The molecule has 0 atom stereocenters. The van der Waals surface area contributed by atoms with Crippen molar-refractivity contribution in [1.29, 1.82) is 0 Å². The Hall–Kier alpha value is -2.57. The molecule has 2 aromatic carbocycles. The van der Waals surface area contributed by atoms with Gasteiger partial charge in [0.2, 0.25) is 0 Å². The molecule has 174 valence electrons. The third-order valence-electron chi connectivity index (χ3n) is 6.03. The maximum absolute atomic E-state index is 13.4. The van der Waals surface area contributed by atoms with E-state index < -0.39 is 0 Å². The van der Waals surface area contributed by atoms with Crippen LogP contribution in [0.25, 0.3) is 28.2 Å². The summed E-state index contributed by atoms with van der Waals surface area (Å²) in [5.41, 5.74) is 7.36. The number of amides is 1. The second-order valence-corrected chi connectivity index (χ2v) is 9.74. The molecule has 0 bridgehead atoms. The highest BCUT2D eigenvalue weighted by Gasteiger charge is 2.23. The molecule has 8 heteroatoms. The quantitative estimate of drug-likeness (QED) is 0.315. The summed E-state index contributed by atoms with van der Waals surface area (Å²) in [4.78, 5) is 18.3. The third-order valence-corrected chi connectivity index (χ3v) is 6.74. The van der Waals surface area contributed by atoms with E-state index in [1.807, 2.05) is 57.9 Å². The molecule has 0 saturated carbocycles. The molecule has 1 aliphatic rings. The summed E-state index contributed by atoms with van der Waals surface area (Å²) in [6.07, 6.45) is 6.29. The van der Waals surface area contributed by atoms with Crippen LogP contribution in [-0.4, -0.2) is 33.4 Å². The normalized spacial score (nSPS) is 14.8. The summed E-state index contributed by atoms with van der Waals surface area (Å²) in [6, 6.07) is 16.7. The number of hydrogen-bond donors (Lipinski definition) is 1. The Labute approximate surface area is 213 Å². The van der Waals surface area contributed by atoms with Gasteiger partial charge in [0.25, 0.3) is 5.91 Å². The van der Waals surface area contributed by atoms with Crippen LogP contribution in [0.3, 0.4) is 0 Å². The highest BCUT2D eigenvalue weighted by molar-refractivity contribution is 6.31. The van der Waals surface area contributed by atoms with E-state index in [0.29, 0.717) is 26.3 Å². The van der Waals surface area contributed by atoms with E-state index in [-0.39, 0.29) is 5.91 Å². The zero-order chi connectivity index (χ0) is 23.7. The molecule has 0 unspecified atom stereocenters. The Morgan fingerprint density at radius 2 is 1.38 bits per heavy atom. The first-order chi connectivity index (χ1) is 16.5. The number of halogens is 3. The number of carbonyl (C=O) groups is 1. The number of hydrogen-bond acceptors (Lipinski definition) is 3. The topological polar surface area (TPSA) is 49.6 Å². The van der Waals surface area contributed by atoms with Crippen LogP contribution in [0.2, 0.25) is 15.1 Å². The molecule has 1 amide bonds. The summed E-state index contributed by atoms with van der Waals surface area (Å²) in [6.45, 7) is 1.67. The number of nitrogens with one attached hydrogen (secondary N) is 1. The minimum Gasteiger partial charge on any atom is -0.297 e. The van der Waals surface area contributed by atoms with Gasteiger partial charge in [-0.15, -0.1) is 0 Å². The van der Waals surface area contributed by atoms with Crippen LogP contribution in [0, 0.1) is 0 Å². The fourth-order valence-electron chi connectivity index (χ4n) is 4.36. The average molecular weight is 514 g/mol. The van der Waals surface area contributed by atoms with Gasteiger partial charge in [0.05, 0.1) is 22.0 Å². The molecule has 1 fully saturated rings. The van der Waals surface area contributed by atoms with Crippen LogP contribution in [-0.2, 0) is 0 Å². The highest BCUT2D eigenvalue weighted by Crippen LogP contribution is 2.35. The number of imidazole rings is 1. The van der Waals surface area contributed by atoms with Crippen molar-refractivity contribution in [2.45, 2.75) is 25.7 Å². The Kier molecular flexibility index (Phi) is 6.79. The first-order valence-electron chi connectivity index (χ1n) is 11.3. The number of aromatic nitrogens is 2. The van der Waals surface area contributed by atoms with Crippen molar-refractivity contribution in [3.05, 3.63) is 81.4 Å². The fraction of sp³-hybridized carbons (Fsp3) is 0.231.